The topological polar surface area (TPSA) is 92.6 Å². The smallest absolute Gasteiger partial charge is 0.417 e. The van der Waals surface area contributed by atoms with Crippen LogP contribution in [0.15, 0.2) is 45.6 Å². The summed E-state index contributed by atoms with van der Waals surface area (Å²) in [4.78, 5) is 23.6. The fourth-order valence-electron chi connectivity index (χ4n) is 6.76. The molecule has 1 N–H and O–H groups in total. The molecule has 1 amide bonds. The number of carbonyl (C=O) groups is 1. The molecule has 3 aromatic rings. The van der Waals surface area contributed by atoms with Crippen LogP contribution in [0.25, 0.3) is 11.5 Å². The standard InChI is InChI=1S/C29H30F5N3O4/c1-17-14-35-25(41-17)27-8-5-26(6-9-27,7-10-27)16-37(24(38)19-12-28(39,13-19)29(32,33)34)20-4-2-3-18(11-20)23-36-21(15-40-23)22(30)31/h2-4,11,14-15,19,22,39H,5-10,12-13,16H2,1H3/t19-,26?,27?,28+. The highest BCUT2D eigenvalue weighted by atomic mass is 19.4. The number of halogens is 5. The van der Waals surface area contributed by atoms with Crippen LogP contribution in [0.1, 0.15) is 75.1 Å². The van der Waals surface area contributed by atoms with E-state index in [1.54, 1.807) is 30.5 Å². The number of hydrogen-bond acceptors (Lipinski definition) is 6. The van der Waals surface area contributed by atoms with Crippen molar-refractivity contribution in [2.24, 2.45) is 11.3 Å². The first-order valence-corrected chi connectivity index (χ1v) is 13.7. The first-order chi connectivity index (χ1) is 19.3. The Bertz CT molecular complexity index is 1420. The Kier molecular flexibility index (Phi) is 6.55. The van der Waals surface area contributed by atoms with Gasteiger partial charge in [0.25, 0.3) is 6.43 Å². The van der Waals surface area contributed by atoms with E-state index >= 15 is 0 Å². The van der Waals surface area contributed by atoms with E-state index in [1.807, 2.05) is 6.92 Å². The maximum absolute atomic E-state index is 13.8. The minimum atomic E-state index is -4.82. The van der Waals surface area contributed by atoms with Gasteiger partial charge in [0.05, 0.1) is 6.20 Å². The number of fused-ring (bicyclic) bond motifs is 3. The molecule has 2 heterocycles. The number of aryl methyl sites for hydroxylation is 1. The van der Waals surface area contributed by atoms with E-state index in [4.69, 9.17) is 8.83 Å². The molecule has 2 aromatic heterocycles. The van der Waals surface area contributed by atoms with Crippen LogP contribution >= 0.6 is 0 Å². The van der Waals surface area contributed by atoms with E-state index in [1.165, 1.54) is 4.90 Å². The molecule has 12 heteroatoms. The predicted molar refractivity (Wildman–Crippen MR) is 136 cm³/mol. The summed E-state index contributed by atoms with van der Waals surface area (Å²) in [6.07, 6.45) is -1.66. The van der Waals surface area contributed by atoms with Crippen molar-refractivity contribution < 1.29 is 40.7 Å². The number of amides is 1. The molecule has 7 nitrogen and oxygen atoms in total. The number of oxazole rings is 2. The lowest BCUT2D eigenvalue weighted by molar-refractivity contribution is -0.295. The highest BCUT2D eigenvalue weighted by Gasteiger charge is 2.63. The largest absolute Gasteiger partial charge is 0.445 e. The van der Waals surface area contributed by atoms with Gasteiger partial charge in [-0.15, -0.1) is 0 Å². The summed E-state index contributed by atoms with van der Waals surface area (Å²) in [5, 5.41) is 10.0. The Morgan fingerprint density at radius 1 is 1.15 bits per heavy atom. The molecule has 4 aliphatic carbocycles. The molecule has 41 heavy (non-hydrogen) atoms. The minimum absolute atomic E-state index is 0.0517. The number of alkyl halides is 5. The second-order valence-corrected chi connectivity index (χ2v) is 12.0. The molecule has 220 valence electrons. The van der Waals surface area contributed by atoms with Crippen LogP contribution in [0, 0.1) is 18.3 Å². The SMILES string of the molecule is Cc1cnc(C23CCC(CN(c4cccc(-c5nc(C(F)F)co5)c4)C(=O)[C@H]4C[C@](O)(C(F)(F)F)C4)(CC2)CC3)o1. The van der Waals surface area contributed by atoms with Crippen LogP contribution in [-0.4, -0.2) is 39.3 Å². The zero-order valence-electron chi connectivity index (χ0n) is 22.4. The van der Waals surface area contributed by atoms with Gasteiger partial charge in [0, 0.05) is 29.1 Å². The molecule has 0 unspecified atom stereocenters. The van der Waals surface area contributed by atoms with Crippen LogP contribution in [0.2, 0.25) is 0 Å². The van der Waals surface area contributed by atoms with Crippen LogP contribution in [-0.2, 0) is 10.2 Å². The van der Waals surface area contributed by atoms with Gasteiger partial charge < -0.3 is 18.8 Å². The Labute approximate surface area is 232 Å². The van der Waals surface area contributed by atoms with Crippen LogP contribution in [0.3, 0.4) is 0 Å². The predicted octanol–water partition coefficient (Wildman–Crippen LogP) is 6.90. The molecule has 1 aromatic carbocycles. The zero-order valence-corrected chi connectivity index (χ0v) is 22.4. The molecule has 0 spiro atoms. The van der Waals surface area contributed by atoms with Crippen molar-refractivity contribution in [1.82, 2.24) is 9.97 Å². The summed E-state index contributed by atoms with van der Waals surface area (Å²) in [5.74, 6) is -0.0742. The summed E-state index contributed by atoms with van der Waals surface area (Å²) in [7, 11) is 0. The lowest BCUT2D eigenvalue weighted by atomic mass is 9.53. The number of aliphatic hydroxyl groups is 1. The van der Waals surface area contributed by atoms with E-state index in [9.17, 15) is 31.9 Å². The van der Waals surface area contributed by atoms with Crippen molar-refractivity contribution in [1.29, 1.82) is 0 Å². The lowest BCUT2D eigenvalue weighted by Gasteiger charge is -2.54. The molecule has 4 fully saturated rings. The molecule has 4 saturated carbocycles. The van der Waals surface area contributed by atoms with Crippen molar-refractivity contribution in [3.05, 3.63) is 54.1 Å². The average molecular weight is 580 g/mol. The summed E-state index contributed by atoms with van der Waals surface area (Å²) < 4.78 is 77.4. The van der Waals surface area contributed by atoms with Gasteiger partial charge in [-0.25, -0.2) is 18.7 Å². The van der Waals surface area contributed by atoms with Gasteiger partial charge in [-0.3, -0.25) is 4.79 Å². The van der Waals surface area contributed by atoms with Crippen molar-refractivity contribution in [3.8, 4) is 11.5 Å². The second kappa shape index (κ2) is 9.64. The highest BCUT2D eigenvalue weighted by Crippen LogP contribution is 2.58. The van der Waals surface area contributed by atoms with Gasteiger partial charge in [0.15, 0.2) is 5.60 Å². The molecule has 2 bridgehead atoms. The van der Waals surface area contributed by atoms with E-state index in [0.717, 1.165) is 56.4 Å². The first-order valence-electron chi connectivity index (χ1n) is 13.7. The van der Waals surface area contributed by atoms with Crippen molar-refractivity contribution in [2.75, 3.05) is 11.4 Å². The van der Waals surface area contributed by atoms with E-state index in [0.29, 0.717) is 11.3 Å². The quantitative estimate of drug-likeness (QED) is 0.306. The third kappa shape index (κ3) is 4.83. The van der Waals surface area contributed by atoms with Crippen LogP contribution in [0.4, 0.5) is 27.6 Å². The molecule has 0 atom stereocenters. The molecule has 0 radical (unpaired) electrons. The van der Waals surface area contributed by atoms with Gasteiger partial charge in [0.1, 0.15) is 17.7 Å². The van der Waals surface area contributed by atoms with Gasteiger partial charge in [-0.2, -0.15) is 13.2 Å². The third-order valence-electron chi connectivity index (χ3n) is 9.43. The van der Waals surface area contributed by atoms with Crippen molar-refractivity contribution in [2.45, 2.75) is 81.9 Å². The normalized spacial score (nSPS) is 29.5. The van der Waals surface area contributed by atoms with Gasteiger partial charge in [-0.1, -0.05) is 6.07 Å². The van der Waals surface area contributed by atoms with E-state index in [2.05, 4.69) is 9.97 Å². The number of benzene rings is 1. The lowest BCUT2D eigenvalue weighted by Crippen LogP contribution is -2.60. The fourth-order valence-corrected chi connectivity index (χ4v) is 6.76. The highest BCUT2D eigenvalue weighted by molar-refractivity contribution is 5.96. The molecule has 0 aliphatic heterocycles. The Balaban J connectivity index is 1.28. The second-order valence-electron chi connectivity index (χ2n) is 12.0. The maximum atomic E-state index is 13.8. The fraction of sp³-hybridized carbons (Fsp3) is 0.552. The number of aromatic nitrogens is 2. The summed E-state index contributed by atoms with van der Waals surface area (Å²) in [5.41, 5.74) is -3.05. The summed E-state index contributed by atoms with van der Waals surface area (Å²) >= 11 is 0. The monoisotopic (exact) mass is 579 g/mol. The Morgan fingerprint density at radius 2 is 1.83 bits per heavy atom. The van der Waals surface area contributed by atoms with Gasteiger partial charge in [0.2, 0.25) is 17.7 Å². The van der Waals surface area contributed by atoms with Crippen LogP contribution < -0.4 is 4.90 Å². The van der Waals surface area contributed by atoms with Crippen molar-refractivity contribution >= 4 is 11.6 Å². The number of nitrogens with zero attached hydrogens (tertiary/aromatic N) is 3. The third-order valence-corrected chi connectivity index (χ3v) is 9.43. The number of rotatable bonds is 7. The van der Waals surface area contributed by atoms with E-state index in [-0.39, 0.29) is 23.3 Å². The average Bonchev–Trinajstić information content (AvgIpc) is 3.60. The summed E-state index contributed by atoms with van der Waals surface area (Å²) in [6, 6.07) is 6.47. The van der Waals surface area contributed by atoms with Crippen LogP contribution in [0.5, 0.6) is 0 Å². The van der Waals surface area contributed by atoms with E-state index < -0.39 is 48.6 Å². The number of carbonyl (C=O) groups excluding carboxylic acids is 1. The summed E-state index contributed by atoms with van der Waals surface area (Å²) in [6.45, 7) is 2.14. The molecule has 0 saturated heterocycles. The molecule has 7 rings (SSSR count). The van der Waals surface area contributed by atoms with Crippen molar-refractivity contribution in [3.63, 3.8) is 0 Å². The maximum Gasteiger partial charge on any atom is 0.417 e. The molecular formula is C29H30F5N3O4. The molecule has 4 aliphatic rings. The van der Waals surface area contributed by atoms with Gasteiger partial charge >= 0.3 is 6.18 Å². The molecular weight excluding hydrogens is 549 g/mol. The number of anilines is 1. The zero-order chi connectivity index (χ0) is 29.2. The Morgan fingerprint density at radius 3 is 2.39 bits per heavy atom. The Hall–Kier alpha value is -3.28. The van der Waals surface area contributed by atoms with Gasteiger partial charge in [-0.05, 0) is 81.9 Å². The minimum Gasteiger partial charge on any atom is -0.445 e. The first kappa shape index (κ1) is 27.9. The number of hydrogen-bond donors (Lipinski definition) is 1.